The van der Waals surface area contributed by atoms with Gasteiger partial charge in [-0.05, 0) is 62.1 Å². The first-order valence-corrected chi connectivity index (χ1v) is 13.3. The Kier molecular flexibility index (Phi) is 8.09. The van der Waals surface area contributed by atoms with Gasteiger partial charge in [-0.15, -0.1) is 0 Å². The van der Waals surface area contributed by atoms with Crippen molar-refractivity contribution in [2.24, 2.45) is 0 Å². The number of nitrogens with zero attached hydrogens (tertiary/aromatic N) is 3. The minimum Gasteiger partial charge on any atom is -0.494 e. The number of aryl methyl sites for hydroxylation is 1. The highest BCUT2D eigenvalue weighted by Crippen LogP contribution is 2.37. The second-order valence-electron chi connectivity index (χ2n) is 9.66. The average Bonchev–Trinajstić information content (AvgIpc) is 3.24. The summed E-state index contributed by atoms with van der Waals surface area (Å²) in [6.07, 6.45) is 8.46. The van der Waals surface area contributed by atoms with Crippen LogP contribution in [0.1, 0.15) is 43.2 Å². The molecular weight excluding hydrogens is 480 g/mol. The van der Waals surface area contributed by atoms with Crippen LogP contribution in [-0.2, 0) is 22.4 Å². The van der Waals surface area contributed by atoms with Gasteiger partial charge in [-0.3, -0.25) is 9.69 Å². The number of rotatable bonds is 6. The highest BCUT2D eigenvalue weighted by atomic mass is 35.5. The quantitative estimate of drug-likeness (QED) is 0.503. The first-order chi connectivity index (χ1) is 17.6. The third-order valence-corrected chi connectivity index (χ3v) is 7.71. The Balaban J connectivity index is 1.33. The number of aromatic nitrogens is 2. The van der Waals surface area contributed by atoms with Crippen LogP contribution in [0.15, 0.2) is 18.3 Å². The van der Waals surface area contributed by atoms with Crippen LogP contribution in [0.25, 0.3) is 0 Å². The first-order valence-electron chi connectivity index (χ1n) is 13.0. The van der Waals surface area contributed by atoms with Crippen LogP contribution < -0.4 is 20.7 Å². The highest BCUT2D eigenvalue weighted by molar-refractivity contribution is 6.32. The predicted octanol–water partition coefficient (Wildman–Crippen LogP) is 3.54. The number of methoxy groups -OCH3 is 1. The molecule has 1 amide bonds. The van der Waals surface area contributed by atoms with Gasteiger partial charge in [0.15, 0.2) is 5.82 Å². The van der Waals surface area contributed by atoms with E-state index in [1.807, 2.05) is 6.07 Å². The number of halogens is 1. The topological polar surface area (TPSA) is 101 Å². The van der Waals surface area contributed by atoms with Gasteiger partial charge in [0.05, 0.1) is 32.2 Å². The van der Waals surface area contributed by atoms with Crippen molar-refractivity contribution in [3.8, 4) is 5.75 Å². The minimum absolute atomic E-state index is 0.0282. The lowest BCUT2D eigenvalue weighted by atomic mass is 10.0. The number of fused-ring (bicyclic) bond motifs is 1. The summed E-state index contributed by atoms with van der Waals surface area (Å²) < 4.78 is 11.5. The van der Waals surface area contributed by atoms with Crippen LogP contribution in [0.3, 0.4) is 0 Å². The molecular formula is C26H35ClN6O3. The van der Waals surface area contributed by atoms with E-state index in [-0.39, 0.29) is 11.9 Å². The number of carbonyl (C=O) groups is 1. The molecule has 0 saturated carbocycles. The summed E-state index contributed by atoms with van der Waals surface area (Å²) in [6, 6.07) is 4.43. The van der Waals surface area contributed by atoms with Gasteiger partial charge in [0.1, 0.15) is 16.8 Å². The van der Waals surface area contributed by atoms with E-state index in [9.17, 15) is 4.79 Å². The summed E-state index contributed by atoms with van der Waals surface area (Å²) >= 11 is 6.37. The minimum atomic E-state index is -0.366. The molecule has 9 nitrogen and oxygen atoms in total. The summed E-state index contributed by atoms with van der Waals surface area (Å²) in [6.45, 7) is 4.37. The molecule has 1 aliphatic carbocycles. The second kappa shape index (κ2) is 11.6. The fraction of sp³-hybridized carbons (Fsp3) is 0.577. The molecule has 0 radical (unpaired) electrons. The molecule has 194 valence electrons. The van der Waals surface area contributed by atoms with Crippen LogP contribution in [0.4, 0.5) is 17.5 Å². The van der Waals surface area contributed by atoms with E-state index in [0.29, 0.717) is 29.4 Å². The highest BCUT2D eigenvalue weighted by Gasteiger charge is 2.26. The molecule has 0 spiro atoms. The SMILES string of the molecule is COc1c(Nc2ncc(Cl)c(NC3CCCCNC3=O)n2)ccc2c1CCC(N1CCOCC1)CC2. The number of anilines is 3. The van der Waals surface area contributed by atoms with E-state index in [1.54, 1.807) is 13.3 Å². The summed E-state index contributed by atoms with van der Waals surface area (Å²) in [7, 11) is 1.71. The van der Waals surface area contributed by atoms with Crippen molar-refractivity contribution in [2.45, 2.75) is 57.0 Å². The van der Waals surface area contributed by atoms with Crippen molar-refractivity contribution in [1.29, 1.82) is 0 Å². The lowest BCUT2D eigenvalue weighted by Crippen LogP contribution is -2.43. The molecule has 3 aliphatic rings. The number of morpholine rings is 1. The summed E-state index contributed by atoms with van der Waals surface area (Å²) in [5.74, 6) is 1.65. The average molecular weight is 515 g/mol. The van der Waals surface area contributed by atoms with E-state index >= 15 is 0 Å². The number of nitrogens with one attached hydrogen (secondary N) is 3. The summed E-state index contributed by atoms with van der Waals surface area (Å²) in [4.78, 5) is 23.9. The first kappa shape index (κ1) is 25.0. The van der Waals surface area contributed by atoms with Crippen LogP contribution in [0.5, 0.6) is 5.75 Å². The predicted molar refractivity (Wildman–Crippen MR) is 140 cm³/mol. The zero-order valence-corrected chi connectivity index (χ0v) is 21.6. The lowest BCUT2D eigenvalue weighted by molar-refractivity contribution is -0.121. The van der Waals surface area contributed by atoms with Crippen LogP contribution in [0, 0.1) is 0 Å². The number of benzene rings is 1. The monoisotopic (exact) mass is 514 g/mol. The number of ether oxygens (including phenoxy) is 2. The molecule has 36 heavy (non-hydrogen) atoms. The lowest BCUT2D eigenvalue weighted by Gasteiger charge is -2.34. The molecule has 0 bridgehead atoms. The number of carbonyl (C=O) groups excluding carboxylic acids is 1. The molecule has 2 aliphatic heterocycles. The third kappa shape index (κ3) is 5.68. The van der Waals surface area contributed by atoms with E-state index in [4.69, 9.17) is 21.1 Å². The Labute approximate surface area is 217 Å². The Morgan fingerprint density at radius 1 is 1.17 bits per heavy atom. The maximum atomic E-state index is 12.4. The number of amides is 1. The molecule has 1 aromatic heterocycles. The van der Waals surface area contributed by atoms with Crippen LogP contribution in [0.2, 0.25) is 5.02 Å². The normalized spacial score (nSPS) is 23.1. The molecule has 3 heterocycles. The second-order valence-corrected chi connectivity index (χ2v) is 10.1. The molecule has 2 atom stereocenters. The Morgan fingerprint density at radius 2 is 2.00 bits per heavy atom. The molecule has 10 heteroatoms. The molecule has 2 fully saturated rings. The molecule has 5 rings (SSSR count). The van der Waals surface area contributed by atoms with Crippen LogP contribution >= 0.6 is 11.6 Å². The molecule has 3 N–H and O–H groups in total. The maximum absolute atomic E-state index is 12.4. The van der Waals surface area contributed by atoms with E-state index in [0.717, 1.165) is 82.7 Å². The van der Waals surface area contributed by atoms with Crippen molar-refractivity contribution in [3.05, 3.63) is 34.5 Å². The van der Waals surface area contributed by atoms with Gasteiger partial charge < -0.3 is 25.4 Å². The Morgan fingerprint density at radius 3 is 2.83 bits per heavy atom. The zero-order valence-electron chi connectivity index (χ0n) is 20.8. The van der Waals surface area contributed by atoms with Crippen molar-refractivity contribution in [1.82, 2.24) is 20.2 Å². The fourth-order valence-corrected chi connectivity index (χ4v) is 5.63. The van der Waals surface area contributed by atoms with Gasteiger partial charge in [0, 0.05) is 25.7 Å². The smallest absolute Gasteiger partial charge is 0.242 e. The maximum Gasteiger partial charge on any atom is 0.242 e. The summed E-state index contributed by atoms with van der Waals surface area (Å²) in [5.41, 5.74) is 3.41. The number of hydrogen-bond donors (Lipinski definition) is 3. The number of hydrogen-bond acceptors (Lipinski definition) is 8. The molecule has 2 aromatic rings. The van der Waals surface area contributed by atoms with Crippen molar-refractivity contribution >= 4 is 35.0 Å². The van der Waals surface area contributed by atoms with Gasteiger partial charge in [-0.2, -0.15) is 4.98 Å². The van der Waals surface area contributed by atoms with Gasteiger partial charge in [-0.25, -0.2) is 4.98 Å². The Hall–Kier alpha value is -2.62. The molecule has 1 aromatic carbocycles. The van der Waals surface area contributed by atoms with Crippen molar-refractivity contribution < 1.29 is 14.3 Å². The summed E-state index contributed by atoms with van der Waals surface area (Å²) in [5, 5.41) is 9.84. The van der Waals surface area contributed by atoms with Gasteiger partial charge >= 0.3 is 0 Å². The largest absolute Gasteiger partial charge is 0.494 e. The van der Waals surface area contributed by atoms with E-state index in [2.05, 4.69) is 36.9 Å². The fourth-order valence-electron chi connectivity index (χ4n) is 5.48. The van der Waals surface area contributed by atoms with E-state index < -0.39 is 0 Å². The Bertz CT molecular complexity index is 1080. The van der Waals surface area contributed by atoms with E-state index in [1.165, 1.54) is 11.1 Å². The van der Waals surface area contributed by atoms with Gasteiger partial charge in [0.2, 0.25) is 11.9 Å². The van der Waals surface area contributed by atoms with Gasteiger partial charge in [-0.1, -0.05) is 17.7 Å². The standard InChI is InChI=1S/C26H35ClN6O3/c1-35-23-19-9-8-18(33-12-14-36-15-13-33)7-5-17(19)6-10-21(23)31-26-29-16-20(27)24(32-26)30-22-4-2-3-11-28-25(22)34/h6,10,16,18,22H,2-5,7-9,11-15H2,1H3,(H,28,34)(H2,29,30,31,32). The molecule has 2 saturated heterocycles. The van der Waals surface area contributed by atoms with Crippen molar-refractivity contribution in [3.63, 3.8) is 0 Å². The third-order valence-electron chi connectivity index (χ3n) is 7.43. The van der Waals surface area contributed by atoms with Gasteiger partial charge in [0.25, 0.3) is 0 Å². The zero-order chi connectivity index (χ0) is 24.9. The van der Waals surface area contributed by atoms with Crippen LogP contribution in [-0.4, -0.2) is 72.8 Å². The molecule has 2 unspecified atom stereocenters. The van der Waals surface area contributed by atoms with Crippen molar-refractivity contribution in [2.75, 3.05) is 50.6 Å².